The second-order valence-corrected chi connectivity index (χ2v) is 6.24. The number of carbonyl (C=O) groups is 3. The van der Waals surface area contributed by atoms with Crippen LogP contribution in [-0.2, 0) is 14.3 Å². The summed E-state index contributed by atoms with van der Waals surface area (Å²) in [5, 5.41) is 2.50. The molecular weight excluding hydrogens is 378 g/mol. The average Bonchev–Trinajstić information content (AvgIpc) is 2.53. The van der Waals surface area contributed by atoms with Gasteiger partial charge in [-0.15, -0.1) is 0 Å². The molecule has 0 saturated carbocycles. The lowest BCUT2D eigenvalue weighted by molar-refractivity contribution is -0.151. The number of rotatable bonds is 7. The fourth-order valence-electron chi connectivity index (χ4n) is 1.77. The molecule has 1 aromatic carbocycles. The minimum atomic E-state index is -1.19. The van der Waals surface area contributed by atoms with Crippen molar-refractivity contribution in [2.45, 2.75) is 26.3 Å². The van der Waals surface area contributed by atoms with Crippen molar-refractivity contribution in [2.75, 3.05) is 13.7 Å². The predicted molar refractivity (Wildman–Crippen MR) is 93.2 cm³/mol. The molecule has 0 aliphatic heterocycles. The van der Waals surface area contributed by atoms with E-state index in [9.17, 15) is 14.4 Å². The van der Waals surface area contributed by atoms with Crippen LogP contribution in [0, 0.1) is 0 Å². The molecular formula is C17H20BrNO5. The molecule has 0 heterocycles. The van der Waals surface area contributed by atoms with Gasteiger partial charge in [-0.2, -0.15) is 0 Å². The van der Waals surface area contributed by atoms with Gasteiger partial charge in [0.15, 0.2) is 5.78 Å². The van der Waals surface area contributed by atoms with Gasteiger partial charge in [0.1, 0.15) is 11.3 Å². The molecule has 0 spiro atoms. The molecule has 24 heavy (non-hydrogen) atoms. The Morgan fingerprint density at radius 1 is 1.21 bits per heavy atom. The third-order valence-electron chi connectivity index (χ3n) is 3.05. The lowest BCUT2D eigenvalue weighted by Gasteiger charge is -2.23. The second kappa shape index (κ2) is 8.63. The van der Waals surface area contributed by atoms with Gasteiger partial charge in [0.05, 0.1) is 18.2 Å². The van der Waals surface area contributed by atoms with Gasteiger partial charge in [-0.3, -0.25) is 9.59 Å². The summed E-state index contributed by atoms with van der Waals surface area (Å²) in [4.78, 5) is 36.0. The summed E-state index contributed by atoms with van der Waals surface area (Å²) in [6, 6.07) is 6.49. The van der Waals surface area contributed by atoms with Crippen molar-refractivity contribution in [2.24, 2.45) is 0 Å². The molecule has 0 bridgehead atoms. The number of methoxy groups -OCH3 is 1. The molecule has 1 N–H and O–H groups in total. The summed E-state index contributed by atoms with van der Waals surface area (Å²) in [5.41, 5.74) is -0.795. The fraction of sp³-hybridized carbons (Fsp3) is 0.353. The van der Waals surface area contributed by atoms with Gasteiger partial charge in [0.2, 0.25) is 5.91 Å². The van der Waals surface area contributed by atoms with Crippen LogP contribution in [-0.4, -0.2) is 36.9 Å². The van der Waals surface area contributed by atoms with Gasteiger partial charge in [-0.05, 0) is 61.0 Å². The number of Topliss-reactive ketones (excluding diaryl/α,β-unsaturated/α-hetero) is 1. The Kier molecular flexibility index (Phi) is 7.16. The van der Waals surface area contributed by atoms with Crippen LogP contribution in [0.5, 0.6) is 5.75 Å². The maximum absolute atomic E-state index is 12.3. The number of carbonyl (C=O) groups excluding carboxylic acids is 3. The normalized spacial score (nSPS) is 11.6. The standard InChI is InChI=1S/C17H20BrNO5/c1-5-24-16(22)17(2,3)19-14(20)10-13(18)15(21)11-6-8-12(23-4)9-7-11/h6-10H,5H2,1-4H3,(H,19,20)/b13-10-. The molecule has 1 aromatic rings. The van der Waals surface area contributed by atoms with Crippen molar-refractivity contribution in [1.29, 1.82) is 0 Å². The van der Waals surface area contributed by atoms with E-state index in [2.05, 4.69) is 21.2 Å². The highest BCUT2D eigenvalue weighted by Crippen LogP contribution is 2.18. The molecule has 0 radical (unpaired) electrons. The zero-order valence-electron chi connectivity index (χ0n) is 14.0. The van der Waals surface area contributed by atoms with Gasteiger partial charge in [0.25, 0.3) is 0 Å². The Hall–Kier alpha value is -2.15. The third-order valence-corrected chi connectivity index (χ3v) is 3.64. The lowest BCUT2D eigenvalue weighted by Crippen LogP contribution is -2.50. The van der Waals surface area contributed by atoms with Crippen LogP contribution in [0.25, 0.3) is 0 Å². The van der Waals surface area contributed by atoms with Crippen molar-refractivity contribution in [1.82, 2.24) is 5.32 Å². The Morgan fingerprint density at radius 2 is 1.79 bits per heavy atom. The van der Waals surface area contributed by atoms with Crippen molar-refractivity contribution in [3.8, 4) is 5.75 Å². The first-order valence-corrected chi connectivity index (χ1v) is 8.06. The minimum absolute atomic E-state index is 0.0739. The number of esters is 1. The second-order valence-electron chi connectivity index (χ2n) is 5.38. The minimum Gasteiger partial charge on any atom is -0.497 e. The fourth-order valence-corrected chi connectivity index (χ4v) is 2.20. The smallest absolute Gasteiger partial charge is 0.331 e. The summed E-state index contributed by atoms with van der Waals surface area (Å²) >= 11 is 3.09. The first kappa shape index (κ1) is 19.9. The van der Waals surface area contributed by atoms with Gasteiger partial charge >= 0.3 is 5.97 Å². The number of amides is 1. The van der Waals surface area contributed by atoms with Crippen LogP contribution in [0.1, 0.15) is 31.1 Å². The molecule has 130 valence electrons. The molecule has 0 atom stereocenters. The van der Waals surface area contributed by atoms with Crippen molar-refractivity contribution in [3.05, 3.63) is 40.4 Å². The molecule has 7 heteroatoms. The van der Waals surface area contributed by atoms with E-state index < -0.39 is 17.4 Å². The molecule has 0 unspecified atom stereocenters. The number of halogens is 1. The SMILES string of the molecule is CCOC(=O)C(C)(C)NC(=O)/C=C(\Br)C(=O)c1ccc(OC)cc1. The van der Waals surface area contributed by atoms with Crippen LogP contribution < -0.4 is 10.1 Å². The Morgan fingerprint density at radius 3 is 2.29 bits per heavy atom. The van der Waals surface area contributed by atoms with Gasteiger partial charge in [-0.1, -0.05) is 0 Å². The highest BCUT2D eigenvalue weighted by atomic mass is 79.9. The van der Waals surface area contributed by atoms with E-state index in [0.29, 0.717) is 11.3 Å². The van der Waals surface area contributed by atoms with Crippen LogP contribution in [0.4, 0.5) is 0 Å². The molecule has 0 saturated heterocycles. The highest BCUT2D eigenvalue weighted by molar-refractivity contribution is 9.12. The predicted octanol–water partition coefficient (Wildman–Crippen LogP) is 2.61. The van der Waals surface area contributed by atoms with E-state index in [-0.39, 0.29) is 16.9 Å². The molecule has 1 amide bonds. The molecule has 0 aromatic heterocycles. The summed E-state index contributed by atoms with van der Waals surface area (Å²) < 4.78 is 9.99. The molecule has 0 fully saturated rings. The largest absolute Gasteiger partial charge is 0.497 e. The molecule has 0 aliphatic carbocycles. The number of allylic oxidation sites excluding steroid dienone is 1. The van der Waals surface area contributed by atoms with E-state index in [4.69, 9.17) is 9.47 Å². The van der Waals surface area contributed by atoms with Crippen LogP contribution in [0.2, 0.25) is 0 Å². The summed E-state index contributed by atoms with van der Waals surface area (Å²) in [6.07, 6.45) is 1.09. The zero-order valence-corrected chi connectivity index (χ0v) is 15.6. The van der Waals surface area contributed by atoms with E-state index in [0.717, 1.165) is 6.08 Å². The topological polar surface area (TPSA) is 81.7 Å². The number of hydrogen-bond acceptors (Lipinski definition) is 5. The van der Waals surface area contributed by atoms with Gasteiger partial charge in [0, 0.05) is 11.6 Å². The molecule has 6 nitrogen and oxygen atoms in total. The maximum atomic E-state index is 12.3. The first-order valence-electron chi connectivity index (χ1n) is 7.26. The Balaban J connectivity index is 2.81. The zero-order chi connectivity index (χ0) is 18.3. The van der Waals surface area contributed by atoms with Crippen LogP contribution >= 0.6 is 15.9 Å². The highest BCUT2D eigenvalue weighted by Gasteiger charge is 2.30. The van der Waals surface area contributed by atoms with Crippen LogP contribution in [0.3, 0.4) is 0 Å². The van der Waals surface area contributed by atoms with Crippen molar-refractivity contribution in [3.63, 3.8) is 0 Å². The van der Waals surface area contributed by atoms with Crippen molar-refractivity contribution < 1.29 is 23.9 Å². The number of ether oxygens (including phenoxy) is 2. The van der Waals surface area contributed by atoms with E-state index in [1.807, 2.05) is 0 Å². The lowest BCUT2D eigenvalue weighted by atomic mass is 10.1. The molecule has 1 rings (SSSR count). The summed E-state index contributed by atoms with van der Waals surface area (Å²) in [6.45, 7) is 4.94. The summed E-state index contributed by atoms with van der Waals surface area (Å²) in [7, 11) is 1.53. The van der Waals surface area contributed by atoms with Gasteiger partial charge in [-0.25, -0.2) is 4.79 Å². The average molecular weight is 398 g/mol. The number of nitrogens with one attached hydrogen (secondary N) is 1. The maximum Gasteiger partial charge on any atom is 0.331 e. The van der Waals surface area contributed by atoms with Gasteiger partial charge < -0.3 is 14.8 Å². The van der Waals surface area contributed by atoms with E-state index >= 15 is 0 Å². The number of benzene rings is 1. The van der Waals surface area contributed by atoms with E-state index in [1.165, 1.54) is 21.0 Å². The Labute approximate surface area is 149 Å². The third kappa shape index (κ3) is 5.49. The number of hydrogen-bond donors (Lipinski definition) is 1. The summed E-state index contributed by atoms with van der Waals surface area (Å²) in [5.74, 6) is -0.867. The van der Waals surface area contributed by atoms with Crippen molar-refractivity contribution >= 4 is 33.6 Å². The van der Waals surface area contributed by atoms with Crippen LogP contribution in [0.15, 0.2) is 34.8 Å². The first-order chi connectivity index (χ1) is 11.2. The monoisotopic (exact) mass is 397 g/mol. The molecule has 0 aliphatic rings. The Bertz CT molecular complexity index is 649. The van der Waals surface area contributed by atoms with E-state index in [1.54, 1.807) is 31.2 Å². The quantitative estimate of drug-likeness (QED) is 0.434. The number of ketones is 1.